The number of hydrogen-bond donors (Lipinski definition) is 4. The zero-order valence-corrected chi connectivity index (χ0v) is 17.5. The molecule has 10 nitrogen and oxygen atoms in total. The van der Waals surface area contributed by atoms with Crippen LogP contribution in [0.3, 0.4) is 0 Å². The summed E-state index contributed by atoms with van der Waals surface area (Å²) >= 11 is 3.00. The van der Waals surface area contributed by atoms with Crippen LogP contribution in [0.25, 0.3) is 0 Å². The minimum Gasteiger partial charge on any atom is -0.467 e. The van der Waals surface area contributed by atoms with Gasteiger partial charge in [0.25, 0.3) is 11.5 Å². The Morgan fingerprint density at radius 2 is 1.64 bits per heavy atom. The summed E-state index contributed by atoms with van der Waals surface area (Å²) in [6, 6.07) is -0.863. The highest BCUT2D eigenvalue weighted by Gasteiger charge is 2.27. The fourth-order valence-electron chi connectivity index (χ4n) is 2.23. The summed E-state index contributed by atoms with van der Waals surface area (Å²) in [5, 5.41) is 5.10. The summed E-state index contributed by atoms with van der Waals surface area (Å²) in [4.78, 5) is 63.8. The summed E-state index contributed by atoms with van der Waals surface area (Å²) in [5.74, 6) is -0.695. The summed E-state index contributed by atoms with van der Waals surface area (Å²) in [5.41, 5.74) is -1.82. The molecule has 0 aliphatic carbocycles. The number of aromatic nitrogens is 2. The van der Waals surface area contributed by atoms with Crippen molar-refractivity contribution in [2.24, 2.45) is 0 Å². The maximum Gasteiger partial charge on any atom is 0.328 e. The number of methoxy groups -OCH3 is 1. The fraction of sp³-hybridized carbons (Fsp3) is 0.562. The van der Waals surface area contributed by atoms with E-state index in [2.05, 4.69) is 15.6 Å². The maximum atomic E-state index is 12.7. The number of rotatable bonds is 11. The molecule has 156 valence electrons. The quantitative estimate of drug-likeness (QED) is 0.336. The summed E-state index contributed by atoms with van der Waals surface area (Å²) in [7, 11) is 1.23. The molecule has 0 radical (unpaired) electrons. The van der Waals surface area contributed by atoms with E-state index in [1.165, 1.54) is 30.6 Å². The first-order valence-corrected chi connectivity index (χ1v) is 11.1. The van der Waals surface area contributed by atoms with E-state index in [0.717, 1.165) is 6.07 Å². The van der Waals surface area contributed by atoms with E-state index in [-0.39, 0.29) is 5.69 Å². The van der Waals surface area contributed by atoms with Crippen molar-refractivity contribution in [3.63, 3.8) is 0 Å². The van der Waals surface area contributed by atoms with Crippen molar-refractivity contribution in [3.05, 3.63) is 32.6 Å². The number of esters is 1. The third kappa shape index (κ3) is 7.80. The molecule has 28 heavy (non-hydrogen) atoms. The second-order valence-electron chi connectivity index (χ2n) is 5.67. The molecule has 0 bridgehead atoms. The fourth-order valence-corrected chi connectivity index (χ4v) is 3.17. The van der Waals surface area contributed by atoms with Crippen LogP contribution in [0, 0.1) is 0 Å². The van der Waals surface area contributed by atoms with Gasteiger partial charge in [0.2, 0.25) is 5.91 Å². The molecule has 0 spiro atoms. The smallest absolute Gasteiger partial charge is 0.328 e. The van der Waals surface area contributed by atoms with Crippen molar-refractivity contribution in [3.8, 4) is 0 Å². The molecule has 2 amide bonds. The Kier molecular flexibility index (Phi) is 10.5. The van der Waals surface area contributed by atoms with Crippen molar-refractivity contribution < 1.29 is 19.1 Å². The molecule has 0 aliphatic rings. The average molecular weight is 433 g/mol. The monoisotopic (exact) mass is 432 g/mol. The molecule has 0 saturated heterocycles. The molecular formula is C16H24N4O6S2. The minimum atomic E-state index is -0.954. The number of H-pyrrole nitrogens is 2. The van der Waals surface area contributed by atoms with Gasteiger partial charge in [-0.2, -0.15) is 23.5 Å². The van der Waals surface area contributed by atoms with E-state index >= 15 is 0 Å². The van der Waals surface area contributed by atoms with Crippen molar-refractivity contribution in [1.82, 2.24) is 20.6 Å². The van der Waals surface area contributed by atoms with Crippen LogP contribution in [0.15, 0.2) is 15.7 Å². The number of carbonyl (C=O) groups is 3. The second kappa shape index (κ2) is 12.3. The number of carbonyl (C=O) groups excluding carboxylic acids is 3. The van der Waals surface area contributed by atoms with Crippen molar-refractivity contribution in [2.75, 3.05) is 31.1 Å². The van der Waals surface area contributed by atoms with Gasteiger partial charge in [0.15, 0.2) is 0 Å². The Morgan fingerprint density at radius 1 is 1.04 bits per heavy atom. The Labute approximate surface area is 170 Å². The van der Waals surface area contributed by atoms with E-state index in [4.69, 9.17) is 4.74 Å². The van der Waals surface area contributed by atoms with Crippen molar-refractivity contribution >= 4 is 41.3 Å². The van der Waals surface area contributed by atoms with E-state index in [9.17, 15) is 24.0 Å². The first-order valence-electron chi connectivity index (χ1n) is 8.33. The normalized spacial score (nSPS) is 12.7. The highest BCUT2D eigenvalue weighted by molar-refractivity contribution is 7.98. The summed E-state index contributed by atoms with van der Waals surface area (Å²) in [6.45, 7) is 0. The third-order valence-corrected chi connectivity index (χ3v) is 4.94. The summed E-state index contributed by atoms with van der Waals surface area (Å²) < 4.78 is 4.72. The molecule has 12 heteroatoms. The Morgan fingerprint density at radius 3 is 2.18 bits per heavy atom. The standard InChI is InChI=1S/C16H24N4O6S2/c1-26-15(24)10(5-7-28-3)18-13(22)9(4-6-27-2)17-14(23)11-8-12(21)20-16(25)19-11/h8-10H,4-7H2,1-3H3,(H,17,23)(H,18,22)(H2,19,20,21,25)/t9-,10-/m0/s1. The highest BCUT2D eigenvalue weighted by Crippen LogP contribution is 2.06. The number of nitrogens with one attached hydrogen (secondary N) is 4. The van der Waals surface area contributed by atoms with Gasteiger partial charge in [-0.1, -0.05) is 0 Å². The number of thioether (sulfide) groups is 2. The van der Waals surface area contributed by atoms with E-state index < -0.39 is 41.1 Å². The lowest BCUT2D eigenvalue weighted by molar-refractivity contribution is -0.145. The summed E-state index contributed by atoms with van der Waals surface area (Å²) in [6.07, 6.45) is 4.40. The van der Waals surface area contributed by atoms with Crippen LogP contribution < -0.4 is 21.9 Å². The predicted molar refractivity (Wildman–Crippen MR) is 109 cm³/mol. The zero-order chi connectivity index (χ0) is 21.1. The van der Waals surface area contributed by atoms with Crippen molar-refractivity contribution in [1.29, 1.82) is 0 Å². The topological polar surface area (TPSA) is 150 Å². The van der Waals surface area contributed by atoms with Gasteiger partial charge in [-0.25, -0.2) is 9.59 Å². The molecule has 0 fully saturated rings. The number of amides is 2. The van der Waals surface area contributed by atoms with Crippen LogP contribution in [0.1, 0.15) is 23.3 Å². The van der Waals surface area contributed by atoms with Crippen LogP contribution in [0.4, 0.5) is 0 Å². The number of hydrogen-bond acceptors (Lipinski definition) is 8. The molecule has 1 rings (SSSR count). The molecule has 4 N–H and O–H groups in total. The van der Waals surface area contributed by atoms with Gasteiger partial charge in [-0.3, -0.25) is 19.4 Å². The molecule has 1 aromatic heterocycles. The lowest BCUT2D eigenvalue weighted by atomic mass is 10.1. The third-order valence-electron chi connectivity index (χ3n) is 3.65. The molecule has 1 aromatic rings. The van der Waals surface area contributed by atoms with Crippen LogP contribution in [0.5, 0.6) is 0 Å². The lowest BCUT2D eigenvalue weighted by Crippen LogP contribution is -2.52. The Balaban J connectivity index is 2.93. The molecule has 0 unspecified atom stereocenters. The van der Waals surface area contributed by atoms with Crippen molar-refractivity contribution in [2.45, 2.75) is 24.9 Å². The Bertz CT molecular complexity index is 766. The number of aromatic amines is 2. The van der Waals surface area contributed by atoms with Gasteiger partial charge in [0, 0.05) is 6.07 Å². The molecule has 2 atom stereocenters. The molecule has 0 saturated carbocycles. The second-order valence-corrected chi connectivity index (χ2v) is 7.65. The molecule has 0 aromatic carbocycles. The van der Waals surface area contributed by atoms with Crippen LogP contribution in [0.2, 0.25) is 0 Å². The first-order chi connectivity index (χ1) is 13.3. The molecular weight excluding hydrogens is 408 g/mol. The molecule has 1 heterocycles. The van der Waals surface area contributed by atoms with Crippen LogP contribution >= 0.6 is 23.5 Å². The Hall–Kier alpha value is -2.21. The lowest BCUT2D eigenvalue weighted by Gasteiger charge is -2.22. The zero-order valence-electron chi connectivity index (χ0n) is 15.8. The van der Waals surface area contributed by atoms with Gasteiger partial charge in [-0.05, 0) is 36.9 Å². The maximum absolute atomic E-state index is 12.7. The van der Waals surface area contributed by atoms with E-state index in [1.807, 2.05) is 17.5 Å². The SMILES string of the molecule is COC(=O)[C@H](CCSC)NC(=O)[C@H](CCSC)NC(=O)c1cc(=O)[nH]c(=O)[nH]1. The first kappa shape index (κ1) is 23.8. The van der Waals surface area contributed by atoms with Gasteiger partial charge < -0.3 is 20.4 Å². The van der Waals surface area contributed by atoms with Crippen LogP contribution in [-0.2, 0) is 14.3 Å². The predicted octanol–water partition coefficient (Wildman–Crippen LogP) is -0.674. The van der Waals surface area contributed by atoms with Gasteiger partial charge in [-0.15, -0.1) is 0 Å². The minimum absolute atomic E-state index is 0.261. The van der Waals surface area contributed by atoms with Gasteiger partial charge in [0.05, 0.1) is 7.11 Å². The van der Waals surface area contributed by atoms with Gasteiger partial charge >= 0.3 is 11.7 Å². The molecule has 0 aliphatic heterocycles. The van der Waals surface area contributed by atoms with E-state index in [1.54, 1.807) is 0 Å². The van der Waals surface area contributed by atoms with Crippen LogP contribution in [-0.4, -0.2) is 71.0 Å². The largest absolute Gasteiger partial charge is 0.467 e. The van der Waals surface area contributed by atoms with E-state index in [0.29, 0.717) is 24.3 Å². The highest BCUT2D eigenvalue weighted by atomic mass is 32.2. The van der Waals surface area contributed by atoms with Gasteiger partial charge in [0.1, 0.15) is 17.8 Å². The number of ether oxygens (including phenoxy) is 1. The average Bonchev–Trinajstić information content (AvgIpc) is 2.66.